The molecule has 0 saturated carbocycles. The van der Waals surface area contributed by atoms with Crippen molar-refractivity contribution in [3.05, 3.63) is 0 Å². The summed E-state index contributed by atoms with van der Waals surface area (Å²) < 4.78 is 17.0. The Morgan fingerprint density at radius 3 is 0.800 bits per heavy atom. The van der Waals surface area contributed by atoms with E-state index in [1.165, 1.54) is 0 Å². The molecule has 0 N–H and O–H groups in total. The third kappa shape index (κ3) is 1790. The molecule has 1 radical (unpaired) electrons. The molecule has 0 aliphatic heterocycles. The van der Waals surface area contributed by atoms with Gasteiger partial charge in [-0.1, -0.05) is 0 Å². The summed E-state index contributed by atoms with van der Waals surface area (Å²) in [5, 5.41) is 0. The van der Waals surface area contributed by atoms with Crippen LogP contribution in [0, 0.1) is 0 Å². The number of hydrogen-bond donors (Lipinski definition) is 0. The second-order valence-corrected chi connectivity index (χ2v) is 1.50. The van der Waals surface area contributed by atoms with Gasteiger partial charge in [0.05, 0.1) is 0 Å². The zero-order valence-electron chi connectivity index (χ0n) is 4.53. The molecular formula is MgMnO6Si2. The van der Waals surface area contributed by atoms with Crippen LogP contribution in [0.4, 0.5) is 0 Å². The molecule has 53 valence electrons. The smallest absolute Gasteiger partial charge is 0.672 e. The molecule has 0 aromatic heterocycles. The molecule has 0 aromatic rings. The molecule has 0 aliphatic carbocycles. The van der Waals surface area contributed by atoms with E-state index in [1.54, 1.807) is 0 Å². The fourth-order valence-corrected chi connectivity index (χ4v) is 0. The molecule has 0 fully saturated rings. The average Bonchev–Trinajstić information content (AvgIpc) is 1.25. The van der Waals surface area contributed by atoms with Gasteiger partial charge >= 0.3 is 40.1 Å². The van der Waals surface area contributed by atoms with E-state index in [0.717, 1.165) is 0 Å². The first-order valence-electron chi connectivity index (χ1n) is 1.22. The van der Waals surface area contributed by atoms with Crippen molar-refractivity contribution in [2.24, 2.45) is 0 Å². The van der Waals surface area contributed by atoms with Crippen molar-refractivity contribution in [3.63, 3.8) is 0 Å². The molecule has 10 heavy (non-hydrogen) atoms. The maximum atomic E-state index is 8.52. The van der Waals surface area contributed by atoms with Crippen LogP contribution in [0.5, 0.6) is 0 Å². The fraction of sp³-hybridized carbons (Fsp3) is 0. The van der Waals surface area contributed by atoms with Crippen molar-refractivity contribution < 1.29 is 45.2 Å². The van der Waals surface area contributed by atoms with E-state index >= 15 is 0 Å². The normalized spacial score (nSPS) is 4.80. The van der Waals surface area contributed by atoms with Gasteiger partial charge in [-0.15, -0.1) is 0 Å². The summed E-state index contributed by atoms with van der Waals surface area (Å²) in [4.78, 5) is 34.1. The van der Waals surface area contributed by atoms with Gasteiger partial charge in [0.15, 0.2) is 0 Å². The average molecular weight is 231 g/mol. The van der Waals surface area contributed by atoms with E-state index in [-0.39, 0.29) is 40.1 Å². The molecule has 0 bridgehead atoms. The molecule has 0 unspecified atom stereocenters. The van der Waals surface area contributed by atoms with Gasteiger partial charge in [-0.2, -0.15) is 0 Å². The van der Waals surface area contributed by atoms with Crippen LogP contribution in [0.15, 0.2) is 0 Å². The van der Waals surface area contributed by atoms with Gasteiger partial charge in [0.1, 0.15) is 0 Å². The Balaban J connectivity index is -0.0000000300. The summed E-state index contributed by atoms with van der Waals surface area (Å²) in [5.74, 6) is 0. The Bertz CT molecular complexity index is 73.7. The van der Waals surface area contributed by atoms with E-state index in [2.05, 4.69) is 0 Å². The van der Waals surface area contributed by atoms with Crippen LogP contribution in [0.1, 0.15) is 0 Å². The van der Waals surface area contributed by atoms with Gasteiger partial charge < -0.3 is 28.1 Å². The molecule has 0 spiro atoms. The first-order valence-corrected chi connectivity index (χ1v) is 3.67. The second kappa shape index (κ2) is 16.3. The third-order valence-electron chi connectivity index (χ3n) is 0. The molecule has 0 rings (SSSR count). The van der Waals surface area contributed by atoms with Gasteiger partial charge in [-0.3, -0.25) is 0 Å². The van der Waals surface area contributed by atoms with E-state index in [1.807, 2.05) is 0 Å². The molecular weight excluding hydrogens is 231 g/mol. The molecule has 10 heteroatoms. The predicted octanol–water partition coefficient (Wildman–Crippen LogP) is -6.14. The Morgan fingerprint density at radius 2 is 0.800 bits per heavy atom. The van der Waals surface area contributed by atoms with Crippen molar-refractivity contribution in [2.45, 2.75) is 0 Å². The summed E-state index contributed by atoms with van der Waals surface area (Å²) in [6.45, 7) is 0. The largest absolute Gasteiger partial charge is 2.00 e. The minimum absolute atomic E-state index is 0. The fourth-order valence-electron chi connectivity index (χ4n) is 0. The van der Waals surface area contributed by atoms with Crippen LogP contribution < -0.4 is 19.2 Å². The molecule has 0 atom stereocenters. The standard InChI is InChI=1S/Mg.Mn.2O3Si/c;;2*1-4(2)3/q2*+2;2*-2. The first-order chi connectivity index (χ1) is 3.46. The van der Waals surface area contributed by atoms with Crippen LogP contribution >= 0.6 is 0 Å². The van der Waals surface area contributed by atoms with E-state index < -0.39 is 18.3 Å². The maximum absolute atomic E-state index is 8.52. The van der Waals surface area contributed by atoms with E-state index in [0.29, 0.717) is 0 Å². The number of rotatable bonds is 0. The Labute approximate surface area is 86.3 Å². The SMILES string of the molecule is O=[Si]([O-])[O-].O=[Si]([O-])[O-].[Mg+2].[Mn+2]. The zero-order valence-corrected chi connectivity index (χ0v) is 9.13. The van der Waals surface area contributed by atoms with Crippen molar-refractivity contribution in [1.29, 1.82) is 0 Å². The zero-order chi connectivity index (χ0) is 7.15. The Kier molecular flexibility index (Phi) is 36.5. The monoisotopic (exact) mass is 231 g/mol. The molecule has 6 nitrogen and oxygen atoms in total. The topological polar surface area (TPSA) is 126 Å². The Morgan fingerprint density at radius 1 is 0.800 bits per heavy atom. The quantitative estimate of drug-likeness (QED) is 0.382. The van der Waals surface area contributed by atoms with Crippen molar-refractivity contribution >= 4 is 41.4 Å². The van der Waals surface area contributed by atoms with Gasteiger partial charge in [0.2, 0.25) is 0 Å². The summed E-state index contributed by atoms with van der Waals surface area (Å²) in [6.07, 6.45) is 0. The van der Waals surface area contributed by atoms with Crippen LogP contribution in [0.3, 0.4) is 0 Å². The van der Waals surface area contributed by atoms with Crippen LogP contribution in [-0.2, 0) is 26.0 Å². The molecule has 0 saturated heterocycles. The third-order valence-corrected chi connectivity index (χ3v) is 0. The predicted molar refractivity (Wildman–Crippen MR) is 18.6 cm³/mol. The second-order valence-electron chi connectivity index (χ2n) is 0.500. The first kappa shape index (κ1) is 22.4. The Hall–Kier alpha value is 0.519. The van der Waals surface area contributed by atoms with Gasteiger partial charge in [-0.05, 0) is 0 Å². The van der Waals surface area contributed by atoms with Gasteiger partial charge in [-0.25, -0.2) is 0 Å². The van der Waals surface area contributed by atoms with Crippen LogP contribution in [0.25, 0.3) is 0 Å². The molecule has 0 aromatic carbocycles. The van der Waals surface area contributed by atoms with Crippen molar-refractivity contribution in [3.8, 4) is 0 Å². The minimum Gasteiger partial charge on any atom is -0.672 e. The summed E-state index contributed by atoms with van der Waals surface area (Å²) >= 11 is 0. The molecule has 0 amide bonds. The molecule has 0 heterocycles. The van der Waals surface area contributed by atoms with E-state index in [9.17, 15) is 0 Å². The van der Waals surface area contributed by atoms with Crippen molar-refractivity contribution in [2.75, 3.05) is 0 Å². The van der Waals surface area contributed by atoms with Crippen LogP contribution in [-0.4, -0.2) is 41.4 Å². The summed E-state index contributed by atoms with van der Waals surface area (Å²) in [6, 6.07) is 0. The summed E-state index contributed by atoms with van der Waals surface area (Å²) in [7, 11) is -7.26. The van der Waals surface area contributed by atoms with Gasteiger partial charge in [0.25, 0.3) is 0 Å². The summed E-state index contributed by atoms with van der Waals surface area (Å²) in [5.41, 5.74) is 0. The van der Waals surface area contributed by atoms with Gasteiger partial charge in [0, 0.05) is 18.3 Å². The van der Waals surface area contributed by atoms with E-state index in [4.69, 9.17) is 28.1 Å². The number of hydrogen-bond acceptors (Lipinski definition) is 6. The maximum Gasteiger partial charge on any atom is 2.00 e. The molecule has 0 aliphatic rings. The minimum atomic E-state index is -3.63. The van der Waals surface area contributed by atoms with Crippen LogP contribution in [0.2, 0.25) is 0 Å². The van der Waals surface area contributed by atoms with Crippen molar-refractivity contribution in [1.82, 2.24) is 0 Å².